The van der Waals surface area contributed by atoms with Crippen LogP contribution in [0.15, 0.2) is 53.5 Å². The van der Waals surface area contributed by atoms with Crippen molar-refractivity contribution in [2.75, 3.05) is 5.73 Å². The molecule has 0 saturated carbocycles. The summed E-state index contributed by atoms with van der Waals surface area (Å²) in [5.74, 6) is -0.726. The molecule has 3 aromatic carbocycles. The minimum atomic E-state index is -0.608. The van der Waals surface area contributed by atoms with E-state index < -0.39 is 17.3 Å². The minimum absolute atomic E-state index is 0.0550. The molecule has 38 heavy (non-hydrogen) atoms. The van der Waals surface area contributed by atoms with Crippen molar-refractivity contribution in [3.63, 3.8) is 0 Å². The highest BCUT2D eigenvalue weighted by Gasteiger charge is 2.21. The van der Waals surface area contributed by atoms with Crippen LogP contribution in [0.25, 0.3) is 38.5 Å². The van der Waals surface area contributed by atoms with Crippen molar-refractivity contribution in [1.29, 1.82) is 0 Å². The molecule has 8 nitrogen and oxygen atoms in total. The fourth-order valence-electron chi connectivity index (χ4n) is 4.67. The lowest BCUT2D eigenvalue weighted by Gasteiger charge is -2.20. The number of carbonyl (C=O) groups excluding carboxylic acids is 1. The Morgan fingerprint density at radius 2 is 1.92 bits per heavy atom. The van der Waals surface area contributed by atoms with E-state index in [4.69, 9.17) is 10.5 Å². The topological polar surface area (TPSA) is 116 Å². The molecule has 9 heteroatoms. The highest BCUT2D eigenvalue weighted by Crippen LogP contribution is 2.35. The van der Waals surface area contributed by atoms with Crippen LogP contribution in [-0.4, -0.2) is 25.9 Å². The van der Waals surface area contributed by atoms with Gasteiger partial charge in [-0.1, -0.05) is 32.9 Å². The van der Waals surface area contributed by atoms with Gasteiger partial charge in [-0.25, -0.2) is 4.39 Å². The lowest BCUT2D eigenvalue weighted by atomic mass is 9.86. The van der Waals surface area contributed by atoms with Crippen LogP contribution in [0.5, 0.6) is 0 Å². The first kappa shape index (κ1) is 25.1. The number of nitrogens with two attached hydrogens (primary N) is 1. The van der Waals surface area contributed by atoms with E-state index in [1.54, 1.807) is 18.2 Å². The Balaban J connectivity index is 1.76. The van der Waals surface area contributed by atoms with Crippen LogP contribution in [0.4, 0.5) is 10.2 Å². The van der Waals surface area contributed by atoms with Gasteiger partial charge in [0.2, 0.25) is 0 Å². The zero-order valence-corrected chi connectivity index (χ0v) is 21.8. The summed E-state index contributed by atoms with van der Waals surface area (Å²) < 4.78 is 21.9. The molecule has 0 aliphatic carbocycles. The second-order valence-corrected chi connectivity index (χ2v) is 10.4. The Labute approximate surface area is 218 Å². The summed E-state index contributed by atoms with van der Waals surface area (Å²) in [5, 5.41) is 12.5. The summed E-state index contributed by atoms with van der Waals surface area (Å²) in [6, 6.07) is 12.4. The summed E-state index contributed by atoms with van der Waals surface area (Å²) in [4.78, 5) is 25.4. The van der Waals surface area contributed by atoms with Gasteiger partial charge in [0.25, 0.3) is 5.56 Å². The molecule has 0 radical (unpaired) electrons. The van der Waals surface area contributed by atoms with Gasteiger partial charge in [0.05, 0.1) is 22.8 Å². The van der Waals surface area contributed by atoms with Crippen molar-refractivity contribution in [3.05, 3.63) is 81.5 Å². The molecule has 0 unspecified atom stereocenters. The van der Waals surface area contributed by atoms with Gasteiger partial charge in [0.1, 0.15) is 12.4 Å². The van der Waals surface area contributed by atoms with E-state index in [0.717, 1.165) is 37.8 Å². The highest BCUT2D eigenvalue weighted by molar-refractivity contribution is 5.94. The summed E-state index contributed by atoms with van der Waals surface area (Å²) >= 11 is 0. The molecule has 0 aliphatic rings. The first-order valence-electron chi connectivity index (χ1n) is 12.2. The molecule has 5 aromatic rings. The Bertz CT molecular complexity index is 1800. The summed E-state index contributed by atoms with van der Waals surface area (Å²) in [6.45, 7) is 9.07. The van der Waals surface area contributed by atoms with Gasteiger partial charge in [0.15, 0.2) is 5.82 Å². The number of anilines is 1. The number of aryl methyl sites for hydroxylation is 1. The Morgan fingerprint density at radius 3 is 2.63 bits per heavy atom. The monoisotopic (exact) mass is 513 g/mol. The number of benzene rings is 3. The third-order valence-electron chi connectivity index (χ3n) is 6.73. The zero-order chi connectivity index (χ0) is 27.4. The number of hydrogen-bond donors (Lipinski definition) is 2. The van der Waals surface area contributed by atoms with E-state index in [1.165, 1.54) is 19.2 Å². The number of ether oxygens (including phenoxy) is 1. The van der Waals surface area contributed by atoms with Gasteiger partial charge in [0, 0.05) is 23.3 Å². The van der Waals surface area contributed by atoms with E-state index in [9.17, 15) is 9.59 Å². The molecule has 0 aliphatic heterocycles. The quantitative estimate of drug-likeness (QED) is 0.314. The predicted molar refractivity (Wildman–Crippen MR) is 146 cm³/mol. The molecular weight excluding hydrogens is 485 g/mol. The van der Waals surface area contributed by atoms with Crippen LogP contribution in [-0.2, 0) is 21.6 Å². The predicted octanol–water partition coefficient (Wildman–Crippen LogP) is 5.32. The first-order valence-corrected chi connectivity index (χ1v) is 12.2. The van der Waals surface area contributed by atoms with Gasteiger partial charge in [-0.15, -0.1) is 0 Å². The normalized spacial score (nSPS) is 11.8. The lowest BCUT2D eigenvalue weighted by molar-refractivity contribution is -0.142. The average Bonchev–Trinajstić information content (AvgIpc) is 3.20. The third-order valence-corrected chi connectivity index (χ3v) is 6.73. The largest absolute Gasteiger partial charge is 0.461 e. The standard InChI is InChI=1S/C29H28FN5O3/c1-15-9-24-21(27(31)34-33-24)12-20(15)19-7-6-8-25(22(19)14-38-16(2)36)35-28(37)26-17(13-32-35)10-18(11-23(26)30)29(3,4)5/h6-13H,14H2,1-5H3,(H3,31,33,34). The molecule has 0 bridgehead atoms. The first-order chi connectivity index (χ1) is 18.0. The number of fused-ring (bicyclic) bond motifs is 2. The van der Waals surface area contributed by atoms with Gasteiger partial charge in [-0.05, 0) is 64.9 Å². The molecule has 0 saturated heterocycles. The van der Waals surface area contributed by atoms with Crippen molar-refractivity contribution in [2.24, 2.45) is 0 Å². The lowest BCUT2D eigenvalue weighted by Crippen LogP contribution is -2.24. The van der Waals surface area contributed by atoms with E-state index >= 15 is 4.39 Å². The maximum absolute atomic E-state index is 15.3. The van der Waals surface area contributed by atoms with Crippen molar-refractivity contribution < 1.29 is 13.9 Å². The van der Waals surface area contributed by atoms with E-state index in [2.05, 4.69) is 15.3 Å². The van der Waals surface area contributed by atoms with E-state index in [-0.39, 0.29) is 17.4 Å². The molecule has 194 valence electrons. The van der Waals surface area contributed by atoms with Crippen molar-refractivity contribution in [1.82, 2.24) is 20.0 Å². The fraction of sp³-hybridized carbons (Fsp3) is 0.241. The number of halogens is 1. The molecule has 2 heterocycles. The maximum Gasteiger partial charge on any atom is 0.302 e. The Hall–Kier alpha value is -4.53. The molecule has 0 spiro atoms. The Kier molecular flexibility index (Phi) is 6.01. The van der Waals surface area contributed by atoms with Gasteiger partial charge >= 0.3 is 5.97 Å². The van der Waals surface area contributed by atoms with Crippen molar-refractivity contribution in [2.45, 2.75) is 46.6 Å². The molecule has 0 atom stereocenters. The minimum Gasteiger partial charge on any atom is -0.461 e. The second kappa shape index (κ2) is 9.09. The van der Waals surface area contributed by atoms with Crippen LogP contribution in [0.1, 0.15) is 44.4 Å². The number of aromatic amines is 1. The number of hydrogen-bond acceptors (Lipinski definition) is 6. The zero-order valence-electron chi connectivity index (χ0n) is 21.8. The molecule has 5 rings (SSSR count). The highest BCUT2D eigenvalue weighted by atomic mass is 19.1. The van der Waals surface area contributed by atoms with Crippen LogP contribution < -0.4 is 11.3 Å². The van der Waals surface area contributed by atoms with E-state index in [0.29, 0.717) is 22.5 Å². The average molecular weight is 514 g/mol. The van der Waals surface area contributed by atoms with Gasteiger partial charge in [-0.2, -0.15) is 14.9 Å². The van der Waals surface area contributed by atoms with E-state index in [1.807, 2.05) is 45.9 Å². The maximum atomic E-state index is 15.3. The number of nitrogens with zero attached hydrogens (tertiary/aromatic N) is 3. The fourth-order valence-corrected chi connectivity index (χ4v) is 4.67. The summed E-state index contributed by atoms with van der Waals surface area (Å²) in [5.41, 5.74) is 10.1. The third kappa shape index (κ3) is 4.30. The number of nitrogen functional groups attached to an aromatic ring is 1. The van der Waals surface area contributed by atoms with Crippen molar-refractivity contribution in [3.8, 4) is 16.8 Å². The number of rotatable bonds is 4. The van der Waals surface area contributed by atoms with Crippen LogP contribution in [0.2, 0.25) is 0 Å². The van der Waals surface area contributed by atoms with Crippen LogP contribution >= 0.6 is 0 Å². The van der Waals surface area contributed by atoms with Crippen LogP contribution in [0.3, 0.4) is 0 Å². The molecule has 2 aromatic heterocycles. The molecule has 0 amide bonds. The number of aromatic nitrogens is 4. The molecule has 0 fully saturated rings. The number of esters is 1. The molecule has 3 N–H and O–H groups in total. The smallest absolute Gasteiger partial charge is 0.302 e. The van der Waals surface area contributed by atoms with Crippen molar-refractivity contribution >= 4 is 33.5 Å². The number of nitrogens with one attached hydrogen (secondary N) is 1. The number of carbonyl (C=O) groups is 1. The summed E-state index contributed by atoms with van der Waals surface area (Å²) in [7, 11) is 0. The number of H-pyrrole nitrogens is 1. The van der Waals surface area contributed by atoms with Gasteiger partial charge in [-0.3, -0.25) is 14.7 Å². The Morgan fingerprint density at radius 1 is 1.16 bits per heavy atom. The van der Waals surface area contributed by atoms with Crippen LogP contribution in [0, 0.1) is 12.7 Å². The summed E-state index contributed by atoms with van der Waals surface area (Å²) in [6.07, 6.45) is 1.49. The molecular formula is C29H28FN5O3. The second-order valence-electron chi connectivity index (χ2n) is 10.4. The SMILES string of the molecule is CC(=O)OCc1c(-c2cc3c(N)n[nH]c3cc2C)cccc1-n1ncc2cc(C(C)(C)C)cc(F)c2c1=O. The van der Waals surface area contributed by atoms with Gasteiger partial charge < -0.3 is 10.5 Å².